The Morgan fingerprint density at radius 3 is 1.26 bits per heavy atom. The van der Waals surface area contributed by atoms with Crippen LogP contribution in [0.4, 0.5) is 0 Å². The molecule has 4 aromatic carbocycles. The molecule has 4 rings (SSSR count). The highest BCUT2D eigenvalue weighted by Crippen LogP contribution is 2.42. The van der Waals surface area contributed by atoms with Crippen molar-refractivity contribution < 1.29 is 4.79 Å². The summed E-state index contributed by atoms with van der Waals surface area (Å²) in [5.41, 5.74) is 2.20. The first-order valence-electron chi connectivity index (χ1n) is 11.0. The Labute approximate surface area is 219 Å². The standard InChI is InChI=1S/C29H24Cl2OS2/c30-23-15-11-21(12-16-23)28(33-26-7-3-1-4-8-26)19-25(32)20-29(22-13-17-24(31)18-14-22)34-27-9-5-2-6-10-27/h1-18,28-29H,19-20H2. The van der Waals surface area contributed by atoms with Gasteiger partial charge < -0.3 is 0 Å². The van der Waals surface area contributed by atoms with Gasteiger partial charge in [-0.15, -0.1) is 23.5 Å². The van der Waals surface area contributed by atoms with Crippen LogP contribution in [0.2, 0.25) is 10.0 Å². The molecule has 2 unspecified atom stereocenters. The number of hydrogen-bond acceptors (Lipinski definition) is 3. The molecule has 0 saturated heterocycles. The molecule has 1 nitrogen and oxygen atoms in total. The number of halogens is 2. The molecule has 0 bridgehead atoms. The first-order chi connectivity index (χ1) is 16.6. The van der Waals surface area contributed by atoms with Gasteiger partial charge in [-0.3, -0.25) is 4.79 Å². The average molecular weight is 524 g/mol. The number of benzene rings is 4. The highest BCUT2D eigenvalue weighted by molar-refractivity contribution is 7.99. The van der Waals surface area contributed by atoms with Crippen LogP contribution in [-0.4, -0.2) is 5.78 Å². The Morgan fingerprint density at radius 2 is 0.912 bits per heavy atom. The van der Waals surface area contributed by atoms with E-state index in [1.54, 1.807) is 23.5 Å². The number of rotatable bonds is 10. The van der Waals surface area contributed by atoms with Crippen molar-refractivity contribution in [3.63, 3.8) is 0 Å². The van der Waals surface area contributed by atoms with E-state index in [4.69, 9.17) is 23.2 Å². The van der Waals surface area contributed by atoms with Gasteiger partial charge in [0, 0.05) is 43.2 Å². The molecule has 4 aromatic rings. The van der Waals surface area contributed by atoms with E-state index in [1.807, 2.05) is 84.9 Å². The molecule has 0 heterocycles. The summed E-state index contributed by atoms with van der Waals surface area (Å²) in [5.74, 6) is 0.228. The maximum atomic E-state index is 13.4. The topological polar surface area (TPSA) is 17.1 Å². The van der Waals surface area contributed by atoms with Gasteiger partial charge in [-0.05, 0) is 59.7 Å². The molecule has 172 valence electrons. The van der Waals surface area contributed by atoms with Gasteiger partial charge in [0.1, 0.15) is 5.78 Å². The van der Waals surface area contributed by atoms with Crippen LogP contribution in [-0.2, 0) is 4.79 Å². The fourth-order valence-electron chi connectivity index (χ4n) is 3.63. The zero-order valence-corrected chi connectivity index (χ0v) is 21.6. The second kappa shape index (κ2) is 12.5. The second-order valence-corrected chi connectivity index (χ2v) is 11.3. The molecular formula is C29H24Cl2OS2. The van der Waals surface area contributed by atoms with E-state index < -0.39 is 0 Å². The van der Waals surface area contributed by atoms with E-state index in [9.17, 15) is 4.79 Å². The highest BCUT2D eigenvalue weighted by Gasteiger charge is 2.22. The highest BCUT2D eigenvalue weighted by atomic mass is 35.5. The first-order valence-corrected chi connectivity index (χ1v) is 13.5. The molecule has 0 aliphatic rings. The van der Waals surface area contributed by atoms with E-state index in [-0.39, 0.29) is 16.3 Å². The van der Waals surface area contributed by atoms with E-state index in [0.29, 0.717) is 22.9 Å². The van der Waals surface area contributed by atoms with E-state index in [0.717, 1.165) is 20.9 Å². The van der Waals surface area contributed by atoms with Crippen LogP contribution in [0.3, 0.4) is 0 Å². The average Bonchev–Trinajstić information content (AvgIpc) is 2.85. The zero-order valence-electron chi connectivity index (χ0n) is 18.4. The minimum absolute atomic E-state index is 0.0137. The third-order valence-corrected chi connectivity index (χ3v) is 8.39. The lowest BCUT2D eigenvalue weighted by Gasteiger charge is -2.20. The Kier molecular flexibility index (Phi) is 9.18. The Balaban J connectivity index is 1.54. The zero-order chi connectivity index (χ0) is 23.8. The summed E-state index contributed by atoms with van der Waals surface area (Å²) in [6.45, 7) is 0. The Hall–Kier alpha value is -2.17. The molecule has 0 radical (unpaired) electrons. The van der Waals surface area contributed by atoms with Gasteiger partial charge in [-0.1, -0.05) is 83.9 Å². The number of hydrogen-bond donors (Lipinski definition) is 0. The van der Waals surface area contributed by atoms with E-state index in [2.05, 4.69) is 24.3 Å². The normalized spacial score (nSPS) is 12.8. The molecular weight excluding hydrogens is 499 g/mol. The van der Waals surface area contributed by atoms with Crippen molar-refractivity contribution >= 4 is 52.5 Å². The summed E-state index contributed by atoms with van der Waals surface area (Å²) in [6, 6.07) is 36.1. The Morgan fingerprint density at radius 1 is 0.559 bits per heavy atom. The molecule has 2 atom stereocenters. The summed E-state index contributed by atoms with van der Waals surface area (Å²) in [6.07, 6.45) is 0.890. The molecule has 0 aliphatic heterocycles. The van der Waals surface area contributed by atoms with Gasteiger partial charge in [-0.2, -0.15) is 0 Å². The van der Waals surface area contributed by atoms with Gasteiger partial charge in [-0.25, -0.2) is 0 Å². The number of ketones is 1. The number of carbonyl (C=O) groups is 1. The fraction of sp³-hybridized carbons (Fsp3) is 0.138. The molecule has 5 heteroatoms. The minimum Gasteiger partial charge on any atom is -0.300 e. The van der Waals surface area contributed by atoms with Crippen LogP contribution >= 0.6 is 46.7 Å². The predicted octanol–water partition coefficient (Wildman–Crippen LogP) is 9.71. The summed E-state index contributed by atoms with van der Waals surface area (Å²) in [4.78, 5) is 15.7. The van der Waals surface area contributed by atoms with Crippen molar-refractivity contribution in [2.45, 2.75) is 33.1 Å². The van der Waals surface area contributed by atoms with Crippen LogP contribution in [0, 0.1) is 0 Å². The van der Waals surface area contributed by atoms with Crippen LogP contribution < -0.4 is 0 Å². The number of carbonyl (C=O) groups excluding carboxylic acids is 1. The summed E-state index contributed by atoms with van der Waals surface area (Å²) < 4.78 is 0. The summed E-state index contributed by atoms with van der Waals surface area (Å²) in [5, 5.41) is 1.42. The summed E-state index contributed by atoms with van der Waals surface area (Å²) >= 11 is 15.7. The number of thioether (sulfide) groups is 2. The van der Waals surface area contributed by atoms with Crippen molar-refractivity contribution in [1.29, 1.82) is 0 Å². The van der Waals surface area contributed by atoms with Crippen LogP contribution in [0.15, 0.2) is 119 Å². The van der Waals surface area contributed by atoms with Gasteiger partial charge in [0.05, 0.1) is 0 Å². The van der Waals surface area contributed by atoms with Crippen molar-refractivity contribution in [1.82, 2.24) is 0 Å². The largest absolute Gasteiger partial charge is 0.300 e. The lowest BCUT2D eigenvalue weighted by atomic mass is 10.0. The Bertz CT molecular complexity index is 1090. The molecule has 0 spiro atoms. The minimum atomic E-state index is 0.0137. The second-order valence-electron chi connectivity index (χ2n) is 7.89. The van der Waals surface area contributed by atoms with E-state index >= 15 is 0 Å². The van der Waals surface area contributed by atoms with Crippen molar-refractivity contribution in [3.8, 4) is 0 Å². The lowest BCUT2D eigenvalue weighted by Crippen LogP contribution is -2.09. The first kappa shape index (κ1) is 24.9. The molecule has 0 aromatic heterocycles. The van der Waals surface area contributed by atoms with Crippen LogP contribution in [0.25, 0.3) is 0 Å². The number of Topliss-reactive ketones (excluding diaryl/α,β-unsaturated/α-hetero) is 1. The maximum Gasteiger partial charge on any atom is 0.135 e. The van der Waals surface area contributed by atoms with Crippen LogP contribution in [0.1, 0.15) is 34.5 Å². The smallest absolute Gasteiger partial charge is 0.135 e. The third-order valence-electron chi connectivity index (χ3n) is 5.35. The SMILES string of the molecule is O=C(CC(Sc1ccccc1)c1ccc(Cl)cc1)CC(Sc1ccccc1)c1ccc(Cl)cc1. The third kappa shape index (κ3) is 7.41. The molecule has 0 amide bonds. The van der Waals surface area contributed by atoms with Gasteiger partial charge in [0.25, 0.3) is 0 Å². The molecule has 0 aliphatic carbocycles. The van der Waals surface area contributed by atoms with Gasteiger partial charge in [0.15, 0.2) is 0 Å². The quantitative estimate of drug-likeness (QED) is 0.193. The van der Waals surface area contributed by atoms with Gasteiger partial charge in [0.2, 0.25) is 0 Å². The predicted molar refractivity (Wildman–Crippen MR) is 147 cm³/mol. The molecule has 34 heavy (non-hydrogen) atoms. The van der Waals surface area contributed by atoms with Gasteiger partial charge >= 0.3 is 0 Å². The van der Waals surface area contributed by atoms with Crippen molar-refractivity contribution in [2.75, 3.05) is 0 Å². The monoisotopic (exact) mass is 522 g/mol. The van der Waals surface area contributed by atoms with Crippen LogP contribution in [0.5, 0.6) is 0 Å². The van der Waals surface area contributed by atoms with Crippen molar-refractivity contribution in [3.05, 3.63) is 130 Å². The molecule has 0 fully saturated rings. The lowest BCUT2D eigenvalue weighted by molar-refractivity contribution is -0.119. The van der Waals surface area contributed by atoms with Crippen molar-refractivity contribution in [2.24, 2.45) is 0 Å². The van der Waals surface area contributed by atoms with E-state index in [1.165, 1.54) is 0 Å². The molecule has 0 N–H and O–H groups in total. The maximum absolute atomic E-state index is 13.4. The fourth-order valence-corrected chi connectivity index (χ4v) is 6.30. The molecule has 0 saturated carbocycles. The summed E-state index contributed by atoms with van der Waals surface area (Å²) in [7, 11) is 0.